The zero-order valence-electron chi connectivity index (χ0n) is 15.8. The van der Waals surface area contributed by atoms with Gasteiger partial charge in [-0.3, -0.25) is 0 Å². The SMILES string of the molecule is CC(C)COc1ccc(S(=O)(=O)N2CCNCC2c2nccn2C)cc1.Cl. The molecule has 150 valence electrons. The van der Waals surface area contributed by atoms with Crippen molar-refractivity contribution in [2.24, 2.45) is 13.0 Å². The number of nitrogens with one attached hydrogen (secondary N) is 1. The second kappa shape index (κ2) is 9.05. The highest BCUT2D eigenvalue weighted by Gasteiger charge is 2.36. The zero-order valence-corrected chi connectivity index (χ0v) is 17.5. The first-order valence-corrected chi connectivity index (χ1v) is 10.3. The summed E-state index contributed by atoms with van der Waals surface area (Å²) in [5, 5.41) is 3.26. The highest BCUT2D eigenvalue weighted by atomic mass is 35.5. The van der Waals surface area contributed by atoms with E-state index in [1.165, 1.54) is 4.31 Å². The van der Waals surface area contributed by atoms with Gasteiger partial charge in [-0.25, -0.2) is 13.4 Å². The third kappa shape index (κ3) is 4.82. The van der Waals surface area contributed by atoms with Crippen LogP contribution < -0.4 is 10.1 Å². The summed E-state index contributed by atoms with van der Waals surface area (Å²) < 4.78 is 35.4. The van der Waals surface area contributed by atoms with E-state index in [1.54, 1.807) is 30.5 Å². The van der Waals surface area contributed by atoms with Gasteiger partial charge >= 0.3 is 0 Å². The van der Waals surface area contributed by atoms with Crippen LogP contribution in [0.3, 0.4) is 0 Å². The molecule has 1 aromatic carbocycles. The predicted octanol–water partition coefficient (Wildman–Crippen LogP) is 2.21. The summed E-state index contributed by atoms with van der Waals surface area (Å²) >= 11 is 0. The van der Waals surface area contributed by atoms with Gasteiger partial charge in [0.2, 0.25) is 10.0 Å². The fraction of sp³-hybridized carbons (Fsp3) is 0.500. The minimum absolute atomic E-state index is 0. The molecule has 0 radical (unpaired) electrons. The van der Waals surface area contributed by atoms with Gasteiger partial charge in [0, 0.05) is 39.1 Å². The molecule has 0 aliphatic carbocycles. The average Bonchev–Trinajstić information content (AvgIpc) is 3.06. The number of aryl methyl sites for hydroxylation is 1. The number of sulfonamides is 1. The lowest BCUT2D eigenvalue weighted by Gasteiger charge is -2.34. The van der Waals surface area contributed by atoms with Gasteiger partial charge in [-0.2, -0.15) is 4.31 Å². The molecule has 1 unspecified atom stereocenters. The molecule has 1 saturated heterocycles. The molecule has 0 spiro atoms. The summed E-state index contributed by atoms with van der Waals surface area (Å²) in [7, 11) is -1.74. The highest BCUT2D eigenvalue weighted by Crippen LogP contribution is 2.28. The third-order valence-corrected chi connectivity index (χ3v) is 6.29. The number of hydrogen-bond acceptors (Lipinski definition) is 5. The van der Waals surface area contributed by atoms with Crippen molar-refractivity contribution in [1.82, 2.24) is 19.2 Å². The van der Waals surface area contributed by atoms with Crippen molar-refractivity contribution in [3.8, 4) is 5.75 Å². The maximum absolute atomic E-state index is 13.2. The standard InChI is InChI=1S/C18H26N4O3S.ClH/c1-14(2)13-25-15-4-6-16(7-5-15)26(23,24)22-11-8-19-12-17(22)18-20-9-10-21(18)3;/h4-7,9-10,14,17,19H,8,11-13H2,1-3H3;1H. The van der Waals surface area contributed by atoms with E-state index in [0.717, 1.165) is 5.82 Å². The topological polar surface area (TPSA) is 76.5 Å². The van der Waals surface area contributed by atoms with Crippen LogP contribution in [0.5, 0.6) is 5.75 Å². The van der Waals surface area contributed by atoms with E-state index in [-0.39, 0.29) is 23.3 Å². The second-order valence-corrected chi connectivity index (χ2v) is 8.80. The molecule has 2 heterocycles. The Morgan fingerprint density at radius 1 is 1.30 bits per heavy atom. The van der Waals surface area contributed by atoms with Crippen molar-refractivity contribution in [2.45, 2.75) is 24.8 Å². The first-order valence-electron chi connectivity index (χ1n) is 8.82. The molecule has 1 N–H and O–H groups in total. The quantitative estimate of drug-likeness (QED) is 0.784. The smallest absolute Gasteiger partial charge is 0.243 e. The van der Waals surface area contributed by atoms with Gasteiger partial charge in [-0.15, -0.1) is 12.4 Å². The van der Waals surface area contributed by atoms with E-state index in [4.69, 9.17) is 4.74 Å². The summed E-state index contributed by atoms with van der Waals surface area (Å²) in [5.74, 6) is 1.83. The van der Waals surface area contributed by atoms with E-state index in [0.29, 0.717) is 37.9 Å². The van der Waals surface area contributed by atoms with Gasteiger partial charge in [0.25, 0.3) is 0 Å². The highest BCUT2D eigenvalue weighted by molar-refractivity contribution is 7.89. The van der Waals surface area contributed by atoms with Gasteiger partial charge < -0.3 is 14.6 Å². The van der Waals surface area contributed by atoms with Gasteiger partial charge in [0.15, 0.2) is 0 Å². The van der Waals surface area contributed by atoms with Crippen molar-refractivity contribution >= 4 is 22.4 Å². The molecule has 1 atom stereocenters. The van der Waals surface area contributed by atoms with E-state index in [1.807, 2.05) is 17.8 Å². The Bertz CT molecular complexity index is 837. The number of piperazine rings is 1. The zero-order chi connectivity index (χ0) is 18.7. The number of benzene rings is 1. The maximum atomic E-state index is 13.2. The number of halogens is 1. The average molecular weight is 415 g/mol. The van der Waals surface area contributed by atoms with Gasteiger partial charge in [0.1, 0.15) is 11.6 Å². The van der Waals surface area contributed by atoms with Crippen LogP contribution in [0.25, 0.3) is 0 Å². The lowest BCUT2D eigenvalue weighted by molar-refractivity contribution is 0.258. The van der Waals surface area contributed by atoms with Crippen molar-refractivity contribution in [3.05, 3.63) is 42.5 Å². The van der Waals surface area contributed by atoms with Crippen LogP contribution in [0.2, 0.25) is 0 Å². The van der Waals surface area contributed by atoms with Crippen LogP contribution in [-0.2, 0) is 17.1 Å². The van der Waals surface area contributed by atoms with Crippen LogP contribution in [0.1, 0.15) is 25.7 Å². The van der Waals surface area contributed by atoms with Crippen molar-refractivity contribution in [3.63, 3.8) is 0 Å². The number of hydrogen-bond donors (Lipinski definition) is 1. The van der Waals surface area contributed by atoms with E-state index < -0.39 is 10.0 Å². The number of ether oxygens (including phenoxy) is 1. The van der Waals surface area contributed by atoms with Crippen molar-refractivity contribution < 1.29 is 13.2 Å². The first kappa shape index (κ1) is 21.7. The molecule has 1 fully saturated rings. The molecule has 1 aliphatic rings. The molecule has 2 aromatic rings. The molecular formula is C18H27ClN4O3S. The Morgan fingerprint density at radius 3 is 2.59 bits per heavy atom. The lowest BCUT2D eigenvalue weighted by Crippen LogP contribution is -2.49. The first-order chi connectivity index (χ1) is 12.4. The van der Waals surface area contributed by atoms with Crippen molar-refractivity contribution in [1.29, 1.82) is 0 Å². The van der Waals surface area contributed by atoms with Gasteiger partial charge in [0.05, 0.1) is 17.5 Å². The Hall–Kier alpha value is -1.61. The minimum Gasteiger partial charge on any atom is -0.493 e. The summed E-state index contributed by atoms with van der Waals surface area (Å²) in [6.45, 7) is 6.31. The van der Waals surface area contributed by atoms with Crippen LogP contribution in [0, 0.1) is 5.92 Å². The Labute approximate surface area is 167 Å². The monoisotopic (exact) mass is 414 g/mol. The van der Waals surface area contributed by atoms with Gasteiger partial charge in [-0.05, 0) is 30.2 Å². The van der Waals surface area contributed by atoms with E-state index in [2.05, 4.69) is 24.1 Å². The Kier molecular flexibility index (Phi) is 7.27. The number of rotatable bonds is 6. The normalized spacial score (nSPS) is 18.3. The molecule has 7 nitrogen and oxygen atoms in total. The summed E-state index contributed by atoms with van der Waals surface area (Å²) in [6.07, 6.45) is 3.52. The summed E-state index contributed by atoms with van der Waals surface area (Å²) in [4.78, 5) is 4.62. The second-order valence-electron chi connectivity index (χ2n) is 6.91. The maximum Gasteiger partial charge on any atom is 0.243 e. The van der Waals surface area contributed by atoms with E-state index >= 15 is 0 Å². The molecule has 9 heteroatoms. The molecule has 0 amide bonds. The lowest BCUT2D eigenvalue weighted by atomic mass is 10.2. The van der Waals surface area contributed by atoms with E-state index in [9.17, 15) is 8.42 Å². The fourth-order valence-electron chi connectivity index (χ4n) is 3.00. The van der Waals surface area contributed by atoms with Crippen LogP contribution in [-0.4, -0.2) is 48.5 Å². The minimum atomic E-state index is -3.62. The van der Waals surface area contributed by atoms with Gasteiger partial charge in [-0.1, -0.05) is 13.8 Å². The molecule has 1 aromatic heterocycles. The molecule has 0 bridgehead atoms. The Balaban J connectivity index is 0.00000261. The molecule has 1 aliphatic heterocycles. The molecule has 27 heavy (non-hydrogen) atoms. The van der Waals surface area contributed by atoms with Crippen molar-refractivity contribution in [2.75, 3.05) is 26.2 Å². The molecular weight excluding hydrogens is 388 g/mol. The third-order valence-electron chi connectivity index (χ3n) is 4.36. The largest absolute Gasteiger partial charge is 0.493 e. The predicted molar refractivity (Wildman–Crippen MR) is 107 cm³/mol. The summed E-state index contributed by atoms with van der Waals surface area (Å²) in [6, 6.07) is 6.33. The number of imidazole rings is 1. The molecule has 0 saturated carbocycles. The van der Waals surface area contributed by atoms with Crippen LogP contribution in [0.15, 0.2) is 41.6 Å². The summed E-state index contributed by atoms with van der Waals surface area (Å²) in [5.41, 5.74) is 0. The fourth-order valence-corrected chi connectivity index (χ4v) is 4.58. The number of aromatic nitrogens is 2. The van der Waals surface area contributed by atoms with Crippen LogP contribution >= 0.6 is 12.4 Å². The number of nitrogens with zero attached hydrogens (tertiary/aromatic N) is 3. The van der Waals surface area contributed by atoms with Crippen LogP contribution in [0.4, 0.5) is 0 Å². The molecule has 3 rings (SSSR count). The Morgan fingerprint density at radius 2 is 2.00 bits per heavy atom.